The van der Waals surface area contributed by atoms with Gasteiger partial charge in [0.1, 0.15) is 5.82 Å². The number of rotatable bonds is 4. The highest BCUT2D eigenvalue weighted by molar-refractivity contribution is 7.99. The quantitative estimate of drug-likeness (QED) is 0.355. The highest BCUT2D eigenvalue weighted by Gasteiger charge is 2.34. The highest BCUT2D eigenvalue weighted by atomic mass is 32.2. The fraction of sp³-hybridized carbons (Fsp3) is 0.312. The molecule has 0 aromatic carbocycles. The molecule has 0 saturated carbocycles. The zero-order valence-corrected chi connectivity index (χ0v) is 15.0. The molecule has 3 rings (SSSR count). The molecule has 1 unspecified atom stereocenters. The molecule has 150 valence electrons. The predicted octanol–water partition coefficient (Wildman–Crippen LogP) is 4.91. The van der Waals surface area contributed by atoms with Crippen LogP contribution in [0.15, 0.2) is 29.7 Å². The molecule has 1 atom stereocenters. The number of fused-ring (bicyclic) bond motifs is 1. The Balaban J connectivity index is 1.89. The fourth-order valence-corrected chi connectivity index (χ4v) is 3.41. The van der Waals surface area contributed by atoms with E-state index in [0.717, 1.165) is 11.8 Å². The monoisotopic (exact) mass is 421 g/mol. The molecule has 3 N–H and O–H groups in total. The Morgan fingerprint density at radius 1 is 1.14 bits per heavy atom. The first-order chi connectivity index (χ1) is 12.9. The second-order valence-corrected chi connectivity index (χ2v) is 7.29. The maximum Gasteiger partial charge on any atom is 0.433 e. The summed E-state index contributed by atoms with van der Waals surface area (Å²) in [5.74, 6) is -0.335. The third-order valence-corrected chi connectivity index (χ3v) is 4.77. The zero-order chi connectivity index (χ0) is 20.7. The van der Waals surface area contributed by atoms with Crippen molar-refractivity contribution in [2.75, 3.05) is 5.73 Å². The molecule has 0 spiro atoms. The summed E-state index contributed by atoms with van der Waals surface area (Å²) < 4.78 is 76.7. The number of pyridine rings is 1. The molecule has 3 aromatic heterocycles. The van der Waals surface area contributed by atoms with E-state index < -0.39 is 29.7 Å². The molecule has 0 aliphatic carbocycles. The lowest BCUT2D eigenvalue weighted by molar-refractivity contribution is -0.141. The predicted molar refractivity (Wildman–Crippen MR) is 91.6 cm³/mol. The normalized spacial score (nSPS) is 13.8. The summed E-state index contributed by atoms with van der Waals surface area (Å²) in [5.41, 5.74) is 5.11. The van der Waals surface area contributed by atoms with Crippen LogP contribution in [0, 0.1) is 0 Å². The number of aromatic nitrogens is 4. The van der Waals surface area contributed by atoms with Gasteiger partial charge in [0.2, 0.25) is 0 Å². The minimum absolute atomic E-state index is 0.0583. The Bertz CT molecular complexity index is 997. The first-order valence-electron chi connectivity index (χ1n) is 7.83. The number of alkyl halides is 6. The first kappa shape index (κ1) is 20.2. The van der Waals surface area contributed by atoms with Gasteiger partial charge in [0, 0.05) is 17.6 Å². The number of H-pyrrole nitrogens is 1. The topological polar surface area (TPSA) is 80.5 Å². The molecule has 3 aromatic rings. The van der Waals surface area contributed by atoms with Crippen LogP contribution in [0.1, 0.15) is 29.1 Å². The summed E-state index contributed by atoms with van der Waals surface area (Å²) in [6.45, 7) is 1.63. The van der Waals surface area contributed by atoms with Crippen molar-refractivity contribution in [1.82, 2.24) is 19.9 Å². The second-order valence-electron chi connectivity index (χ2n) is 5.98. The fourth-order valence-electron chi connectivity index (χ4n) is 2.54. The van der Waals surface area contributed by atoms with Gasteiger partial charge < -0.3 is 10.7 Å². The average Bonchev–Trinajstić information content (AvgIpc) is 2.94. The highest BCUT2D eigenvalue weighted by Crippen LogP contribution is 2.36. The number of nitrogens with zero attached hydrogens (tertiary/aromatic N) is 3. The molecule has 0 aliphatic rings. The van der Waals surface area contributed by atoms with Crippen LogP contribution in [-0.4, -0.2) is 26.1 Å². The van der Waals surface area contributed by atoms with Crippen LogP contribution in [0.2, 0.25) is 0 Å². The summed E-state index contributed by atoms with van der Waals surface area (Å²) >= 11 is 0.874. The largest absolute Gasteiger partial charge is 0.433 e. The summed E-state index contributed by atoms with van der Waals surface area (Å²) in [4.78, 5) is 14.1. The lowest BCUT2D eigenvalue weighted by Gasteiger charge is -2.12. The maximum atomic E-state index is 12.9. The Morgan fingerprint density at radius 3 is 2.50 bits per heavy atom. The van der Waals surface area contributed by atoms with Gasteiger partial charge in [0.25, 0.3) is 0 Å². The molecule has 0 bridgehead atoms. The van der Waals surface area contributed by atoms with Crippen molar-refractivity contribution in [3.63, 3.8) is 0 Å². The van der Waals surface area contributed by atoms with Crippen molar-refractivity contribution >= 4 is 28.5 Å². The van der Waals surface area contributed by atoms with Crippen LogP contribution < -0.4 is 5.73 Å². The van der Waals surface area contributed by atoms with Crippen molar-refractivity contribution in [3.05, 3.63) is 41.5 Å². The van der Waals surface area contributed by atoms with Crippen molar-refractivity contribution in [3.8, 4) is 0 Å². The van der Waals surface area contributed by atoms with Gasteiger partial charge in [-0.2, -0.15) is 26.3 Å². The molecular formula is C16H13F6N5S. The summed E-state index contributed by atoms with van der Waals surface area (Å²) in [6, 6.07) is 2.10. The van der Waals surface area contributed by atoms with Crippen molar-refractivity contribution < 1.29 is 26.3 Å². The van der Waals surface area contributed by atoms with E-state index in [1.807, 2.05) is 0 Å². The number of anilines is 1. The second kappa shape index (κ2) is 7.15. The number of hydrogen-bond donors (Lipinski definition) is 2. The van der Waals surface area contributed by atoms with E-state index in [2.05, 4.69) is 19.9 Å². The smallest absolute Gasteiger partial charge is 0.384 e. The summed E-state index contributed by atoms with van der Waals surface area (Å²) in [7, 11) is 0. The zero-order valence-electron chi connectivity index (χ0n) is 14.2. The Morgan fingerprint density at radius 2 is 1.86 bits per heavy atom. The minimum atomic E-state index is -4.68. The lowest BCUT2D eigenvalue weighted by Crippen LogP contribution is -2.11. The Hall–Kier alpha value is -2.50. The SMILES string of the molecule is CC(Sc1nc(N)cc(C(F)(F)F)n1)c1cc2c(CC(F)(F)F)c[nH]c2cn1. The van der Waals surface area contributed by atoms with Crippen LogP contribution in [0.3, 0.4) is 0 Å². The lowest BCUT2D eigenvalue weighted by atomic mass is 10.1. The maximum absolute atomic E-state index is 12.9. The van der Waals surface area contributed by atoms with Crippen LogP contribution in [0.25, 0.3) is 10.9 Å². The third-order valence-electron chi connectivity index (χ3n) is 3.78. The number of hydrogen-bond acceptors (Lipinski definition) is 5. The van der Waals surface area contributed by atoms with E-state index >= 15 is 0 Å². The van der Waals surface area contributed by atoms with Crippen LogP contribution in [0.4, 0.5) is 32.2 Å². The number of halogens is 6. The van der Waals surface area contributed by atoms with Crippen LogP contribution >= 0.6 is 11.8 Å². The van der Waals surface area contributed by atoms with Gasteiger partial charge in [-0.25, -0.2) is 9.97 Å². The van der Waals surface area contributed by atoms with E-state index in [0.29, 0.717) is 22.7 Å². The van der Waals surface area contributed by atoms with E-state index in [1.54, 1.807) is 6.92 Å². The Kier molecular flexibility index (Phi) is 5.17. The van der Waals surface area contributed by atoms with Gasteiger partial charge in [0.05, 0.1) is 29.1 Å². The minimum Gasteiger partial charge on any atom is -0.384 e. The summed E-state index contributed by atoms with van der Waals surface area (Å²) in [5, 5.41) is -0.383. The van der Waals surface area contributed by atoms with E-state index in [1.165, 1.54) is 18.5 Å². The van der Waals surface area contributed by atoms with E-state index in [9.17, 15) is 26.3 Å². The van der Waals surface area contributed by atoms with Gasteiger partial charge in [0.15, 0.2) is 10.9 Å². The van der Waals surface area contributed by atoms with Crippen LogP contribution in [-0.2, 0) is 12.6 Å². The first-order valence-corrected chi connectivity index (χ1v) is 8.71. The van der Waals surface area contributed by atoms with Gasteiger partial charge in [-0.1, -0.05) is 11.8 Å². The summed E-state index contributed by atoms with van der Waals surface area (Å²) in [6.07, 6.45) is -7.51. The van der Waals surface area contributed by atoms with Gasteiger partial charge in [-0.05, 0) is 18.6 Å². The number of aromatic amines is 1. The molecule has 28 heavy (non-hydrogen) atoms. The number of nitrogens with one attached hydrogen (secondary N) is 1. The molecular weight excluding hydrogens is 408 g/mol. The molecule has 0 amide bonds. The van der Waals surface area contributed by atoms with Crippen molar-refractivity contribution in [2.45, 2.75) is 36.1 Å². The standard InChI is InChI=1S/C16H13F6N5S/c1-7(28-14-26-12(16(20,21)22)3-13(23)27-14)10-2-9-8(4-15(17,18)19)5-24-11(9)6-25-10/h2-3,5-7,24H,4H2,1H3,(H2,23,26,27). The van der Waals surface area contributed by atoms with Gasteiger partial charge >= 0.3 is 12.4 Å². The third kappa shape index (κ3) is 4.66. The number of thioether (sulfide) groups is 1. The Labute approximate surface area is 158 Å². The van der Waals surface area contributed by atoms with Gasteiger partial charge in [-0.3, -0.25) is 4.98 Å². The van der Waals surface area contributed by atoms with E-state index in [-0.39, 0.29) is 16.5 Å². The van der Waals surface area contributed by atoms with Gasteiger partial charge in [-0.15, -0.1) is 0 Å². The molecule has 0 fully saturated rings. The molecule has 0 radical (unpaired) electrons. The molecule has 5 nitrogen and oxygen atoms in total. The van der Waals surface area contributed by atoms with Crippen molar-refractivity contribution in [2.24, 2.45) is 0 Å². The van der Waals surface area contributed by atoms with Crippen LogP contribution in [0.5, 0.6) is 0 Å². The number of nitrogens with two attached hydrogens (primary N) is 1. The van der Waals surface area contributed by atoms with E-state index in [4.69, 9.17) is 5.73 Å². The van der Waals surface area contributed by atoms with Crippen molar-refractivity contribution in [1.29, 1.82) is 0 Å². The average molecular weight is 421 g/mol. The molecule has 3 heterocycles. The molecule has 0 saturated heterocycles. The molecule has 12 heteroatoms. The molecule has 0 aliphatic heterocycles. The number of nitrogen functional groups attached to an aromatic ring is 1.